The molecular formula is C25H25N3O3S. The Morgan fingerprint density at radius 1 is 1.09 bits per heavy atom. The van der Waals surface area contributed by atoms with Crippen LogP contribution in [-0.2, 0) is 6.54 Å². The van der Waals surface area contributed by atoms with Crippen LogP contribution in [-0.4, -0.2) is 35.6 Å². The molecule has 164 valence electrons. The summed E-state index contributed by atoms with van der Waals surface area (Å²) in [6.45, 7) is 1.59. The van der Waals surface area contributed by atoms with E-state index in [0.717, 1.165) is 46.8 Å². The number of benzene rings is 2. The summed E-state index contributed by atoms with van der Waals surface area (Å²) in [6.07, 6.45) is 2.20. The molecule has 0 saturated carbocycles. The Bertz CT molecular complexity index is 1300. The van der Waals surface area contributed by atoms with Crippen LogP contribution in [0.25, 0.3) is 20.7 Å². The molecule has 1 saturated heterocycles. The Kier molecular flexibility index (Phi) is 5.68. The van der Waals surface area contributed by atoms with Crippen LogP contribution in [0, 0.1) is 0 Å². The normalized spacial score (nSPS) is 16.5. The van der Waals surface area contributed by atoms with Gasteiger partial charge in [0.1, 0.15) is 22.0 Å². The Morgan fingerprint density at radius 3 is 2.69 bits per heavy atom. The SMILES string of the molecule is COc1ccc(-c2cc3nc(CN4CCCC4c4cccc(OC)c4)[nH]c(=O)c3s2)cc1. The van der Waals surface area contributed by atoms with Crippen molar-refractivity contribution >= 4 is 21.6 Å². The fraction of sp³-hybridized carbons (Fsp3) is 0.280. The van der Waals surface area contributed by atoms with Crippen molar-refractivity contribution in [1.82, 2.24) is 14.9 Å². The number of rotatable bonds is 6. The third kappa shape index (κ3) is 4.01. The van der Waals surface area contributed by atoms with Gasteiger partial charge in [-0.25, -0.2) is 4.98 Å². The van der Waals surface area contributed by atoms with Crippen LogP contribution in [0.5, 0.6) is 11.5 Å². The van der Waals surface area contributed by atoms with E-state index >= 15 is 0 Å². The van der Waals surface area contributed by atoms with E-state index in [1.54, 1.807) is 14.2 Å². The number of aromatic nitrogens is 2. The van der Waals surface area contributed by atoms with Crippen molar-refractivity contribution in [1.29, 1.82) is 0 Å². The van der Waals surface area contributed by atoms with Crippen molar-refractivity contribution in [3.8, 4) is 21.9 Å². The minimum atomic E-state index is -0.0770. The van der Waals surface area contributed by atoms with Crippen LogP contribution in [0.1, 0.15) is 30.3 Å². The predicted octanol–water partition coefficient (Wildman–Crippen LogP) is 5.01. The number of ether oxygens (including phenoxy) is 2. The highest BCUT2D eigenvalue weighted by atomic mass is 32.1. The minimum Gasteiger partial charge on any atom is -0.497 e. The van der Waals surface area contributed by atoms with Crippen LogP contribution in [0.4, 0.5) is 0 Å². The zero-order valence-electron chi connectivity index (χ0n) is 18.1. The number of H-pyrrole nitrogens is 1. The zero-order valence-corrected chi connectivity index (χ0v) is 18.9. The van der Waals surface area contributed by atoms with Gasteiger partial charge in [0.25, 0.3) is 5.56 Å². The first-order chi connectivity index (χ1) is 15.6. The fourth-order valence-corrected chi connectivity index (χ4v) is 5.39. The zero-order chi connectivity index (χ0) is 22.1. The van der Waals surface area contributed by atoms with Crippen LogP contribution < -0.4 is 15.0 Å². The molecule has 0 bridgehead atoms. The lowest BCUT2D eigenvalue weighted by Crippen LogP contribution is -2.25. The van der Waals surface area contributed by atoms with Crippen LogP contribution in [0.3, 0.4) is 0 Å². The van der Waals surface area contributed by atoms with Crippen LogP contribution in [0.15, 0.2) is 59.4 Å². The van der Waals surface area contributed by atoms with Crippen molar-refractivity contribution in [2.24, 2.45) is 0 Å². The highest BCUT2D eigenvalue weighted by Gasteiger charge is 2.27. The average molecular weight is 448 g/mol. The summed E-state index contributed by atoms with van der Waals surface area (Å²) in [5.41, 5.74) is 2.96. The van der Waals surface area contributed by atoms with Gasteiger partial charge in [0, 0.05) is 10.9 Å². The van der Waals surface area contributed by atoms with E-state index in [9.17, 15) is 4.79 Å². The summed E-state index contributed by atoms with van der Waals surface area (Å²) in [5.74, 6) is 2.38. The van der Waals surface area contributed by atoms with Crippen LogP contribution >= 0.6 is 11.3 Å². The van der Waals surface area contributed by atoms with E-state index in [1.807, 2.05) is 42.5 Å². The van der Waals surface area contributed by atoms with Gasteiger partial charge in [0.15, 0.2) is 0 Å². The molecule has 0 spiro atoms. The first-order valence-electron chi connectivity index (χ1n) is 10.7. The second-order valence-corrected chi connectivity index (χ2v) is 9.02. The van der Waals surface area contributed by atoms with E-state index in [0.29, 0.717) is 23.1 Å². The largest absolute Gasteiger partial charge is 0.497 e. The molecule has 3 heterocycles. The molecule has 1 aliphatic rings. The number of hydrogen-bond acceptors (Lipinski definition) is 6. The molecule has 32 heavy (non-hydrogen) atoms. The summed E-state index contributed by atoms with van der Waals surface area (Å²) < 4.78 is 11.3. The highest BCUT2D eigenvalue weighted by Crippen LogP contribution is 2.35. The standard InChI is InChI=1S/C25H25N3O3S/c1-30-18-10-8-16(9-11-18)22-14-20-24(32-22)25(29)27-23(26-20)15-28-12-4-7-21(28)17-5-3-6-19(13-17)31-2/h3,5-6,8-11,13-14,21H,4,7,12,15H2,1-2H3,(H,26,27,29). The molecule has 2 aromatic carbocycles. The lowest BCUT2D eigenvalue weighted by Gasteiger charge is -2.24. The van der Waals surface area contributed by atoms with Gasteiger partial charge in [-0.3, -0.25) is 9.69 Å². The Balaban J connectivity index is 1.42. The van der Waals surface area contributed by atoms with Gasteiger partial charge in [0.05, 0.1) is 26.3 Å². The third-order valence-corrected chi connectivity index (χ3v) is 7.17. The first kappa shape index (κ1) is 20.7. The van der Waals surface area contributed by atoms with E-state index in [-0.39, 0.29) is 5.56 Å². The van der Waals surface area contributed by atoms with Crippen LogP contribution in [0.2, 0.25) is 0 Å². The lowest BCUT2D eigenvalue weighted by molar-refractivity contribution is 0.242. The molecule has 1 N–H and O–H groups in total. The maximum absolute atomic E-state index is 12.8. The monoisotopic (exact) mass is 447 g/mol. The second-order valence-electron chi connectivity index (χ2n) is 7.97. The molecule has 0 radical (unpaired) electrons. The number of methoxy groups -OCH3 is 2. The number of hydrogen-bond donors (Lipinski definition) is 1. The number of thiophene rings is 1. The molecule has 1 atom stereocenters. The molecule has 1 fully saturated rings. The van der Waals surface area contributed by atoms with E-state index in [1.165, 1.54) is 16.9 Å². The van der Waals surface area contributed by atoms with Crippen molar-refractivity contribution < 1.29 is 9.47 Å². The average Bonchev–Trinajstić information content (AvgIpc) is 3.47. The molecule has 2 aromatic heterocycles. The number of nitrogens with zero attached hydrogens (tertiary/aromatic N) is 2. The fourth-order valence-electron chi connectivity index (χ4n) is 4.39. The Morgan fingerprint density at radius 2 is 1.91 bits per heavy atom. The van der Waals surface area contributed by atoms with E-state index < -0.39 is 0 Å². The van der Waals surface area contributed by atoms with Crippen molar-refractivity contribution in [3.63, 3.8) is 0 Å². The number of aromatic amines is 1. The summed E-state index contributed by atoms with van der Waals surface area (Å²) in [5, 5.41) is 0. The van der Waals surface area contributed by atoms with Crippen molar-refractivity contribution in [2.75, 3.05) is 20.8 Å². The van der Waals surface area contributed by atoms with Gasteiger partial charge in [-0.2, -0.15) is 0 Å². The van der Waals surface area contributed by atoms with Gasteiger partial charge in [0.2, 0.25) is 0 Å². The van der Waals surface area contributed by atoms with Gasteiger partial charge in [-0.05, 0) is 73.0 Å². The van der Waals surface area contributed by atoms with Crippen molar-refractivity contribution in [3.05, 3.63) is 76.3 Å². The van der Waals surface area contributed by atoms with Crippen molar-refractivity contribution in [2.45, 2.75) is 25.4 Å². The maximum Gasteiger partial charge on any atom is 0.268 e. The molecule has 7 heteroatoms. The molecule has 4 aromatic rings. The summed E-state index contributed by atoms with van der Waals surface area (Å²) in [7, 11) is 3.34. The predicted molar refractivity (Wildman–Crippen MR) is 128 cm³/mol. The van der Waals surface area contributed by atoms with E-state index in [4.69, 9.17) is 14.5 Å². The second kappa shape index (κ2) is 8.76. The maximum atomic E-state index is 12.8. The quantitative estimate of drug-likeness (QED) is 0.450. The molecule has 5 rings (SSSR count). The topological polar surface area (TPSA) is 67.5 Å². The third-order valence-electron chi connectivity index (χ3n) is 6.00. The molecule has 1 aliphatic heterocycles. The van der Waals surface area contributed by atoms with E-state index in [2.05, 4.69) is 22.0 Å². The summed E-state index contributed by atoms with van der Waals surface area (Å²) in [6, 6.07) is 18.4. The number of nitrogens with one attached hydrogen (secondary N) is 1. The van der Waals surface area contributed by atoms with Gasteiger partial charge < -0.3 is 14.5 Å². The highest BCUT2D eigenvalue weighted by molar-refractivity contribution is 7.22. The molecule has 0 amide bonds. The number of fused-ring (bicyclic) bond motifs is 1. The minimum absolute atomic E-state index is 0.0770. The summed E-state index contributed by atoms with van der Waals surface area (Å²) in [4.78, 5) is 24.0. The number of likely N-dealkylation sites (tertiary alicyclic amines) is 1. The first-order valence-corrected chi connectivity index (χ1v) is 11.5. The molecule has 1 unspecified atom stereocenters. The smallest absolute Gasteiger partial charge is 0.268 e. The molecular weight excluding hydrogens is 422 g/mol. The molecule has 6 nitrogen and oxygen atoms in total. The van der Waals surface area contributed by atoms with Gasteiger partial charge in [-0.15, -0.1) is 11.3 Å². The lowest BCUT2D eigenvalue weighted by atomic mass is 10.0. The molecule has 0 aliphatic carbocycles. The van der Waals surface area contributed by atoms with Gasteiger partial charge >= 0.3 is 0 Å². The Labute approximate surface area is 190 Å². The Hall–Kier alpha value is -3.16. The van der Waals surface area contributed by atoms with Gasteiger partial charge in [-0.1, -0.05) is 12.1 Å². The summed E-state index contributed by atoms with van der Waals surface area (Å²) >= 11 is 1.47.